The molecule has 164 valence electrons. The summed E-state index contributed by atoms with van der Waals surface area (Å²) in [6, 6.07) is 10.0. The molecule has 0 saturated carbocycles. The van der Waals surface area contributed by atoms with E-state index in [0.717, 1.165) is 0 Å². The average molecular weight is 437 g/mol. The number of ketones is 1. The van der Waals surface area contributed by atoms with Crippen LogP contribution in [0.1, 0.15) is 22.0 Å². The van der Waals surface area contributed by atoms with E-state index in [-0.39, 0.29) is 28.5 Å². The molecular weight excluding hydrogens is 418 g/mol. The van der Waals surface area contributed by atoms with Gasteiger partial charge in [-0.25, -0.2) is 4.79 Å². The molecule has 2 aromatic carbocycles. The van der Waals surface area contributed by atoms with Crippen molar-refractivity contribution in [2.24, 2.45) is 0 Å². The number of carbonyl (C=O) groups is 2. The number of benzene rings is 2. The van der Waals surface area contributed by atoms with Gasteiger partial charge in [0.1, 0.15) is 17.5 Å². The van der Waals surface area contributed by atoms with Crippen LogP contribution in [0.25, 0.3) is 0 Å². The van der Waals surface area contributed by atoms with Crippen molar-refractivity contribution in [2.75, 3.05) is 26.6 Å². The number of allylic oxidation sites excluding steroid dienone is 1. The van der Waals surface area contributed by atoms with Crippen LogP contribution in [-0.4, -0.2) is 58.4 Å². The highest BCUT2D eigenvalue weighted by Crippen LogP contribution is 2.38. The molecule has 1 aliphatic heterocycles. The van der Waals surface area contributed by atoms with Gasteiger partial charge in [-0.15, -0.1) is 0 Å². The van der Waals surface area contributed by atoms with Crippen LogP contribution in [0.2, 0.25) is 0 Å². The van der Waals surface area contributed by atoms with E-state index in [1.54, 1.807) is 24.3 Å². The van der Waals surface area contributed by atoms with Crippen LogP contribution < -0.4 is 14.8 Å². The molecule has 0 aliphatic carbocycles. The molecule has 0 saturated heterocycles. The molecule has 2 N–H and O–H groups in total. The first-order valence-corrected chi connectivity index (χ1v) is 9.41. The first-order chi connectivity index (χ1) is 15.5. The van der Waals surface area contributed by atoms with E-state index in [1.165, 1.54) is 44.2 Å². The van der Waals surface area contributed by atoms with Crippen LogP contribution >= 0.6 is 0 Å². The molecule has 1 aromatic heterocycles. The molecule has 11 heteroatoms. The number of hydrogen-bond acceptors (Lipinski definition) is 10. The second kappa shape index (κ2) is 8.38. The Kier molecular flexibility index (Phi) is 5.46. The van der Waals surface area contributed by atoms with Gasteiger partial charge in [0.05, 0.1) is 26.9 Å². The van der Waals surface area contributed by atoms with Gasteiger partial charge in [0.2, 0.25) is 5.95 Å². The SMILES string of the molecule is COC(=O)C1=C(C(=O)c2ccc(OC)c(OC)c2)[C@H](c2cccc(O)c2)n2nnnc2N1. The second-order valence-electron chi connectivity index (χ2n) is 6.75. The zero-order valence-electron chi connectivity index (χ0n) is 17.4. The standard InChI is InChI=1S/C21H19N5O6/c1-30-14-8-7-12(10-15(14)31-2)19(28)16-17(20(29)32-3)22-21-23-24-25-26(21)18(16)11-5-4-6-13(27)9-11/h4-10,18,27H,1-3H3,(H,22,23,25)/t18-/m0/s1. The van der Waals surface area contributed by atoms with Crippen molar-refractivity contribution in [2.45, 2.75) is 6.04 Å². The number of esters is 1. The summed E-state index contributed by atoms with van der Waals surface area (Å²) in [5.74, 6) is -0.350. The maximum Gasteiger partial charge on any atom is 0.355 e. The summed E-state index contributed by atoms with van der Waals surface area (Å²) < 4.78 is 16.8. The molecule has 1 atom stereocenters. The molecule has 0 unspecified atom stereocenters. The Morgan fingerprint density at radius 3 is 2.53 bits per heavy atom. The summed E-state index contributed by atoms with van der Waals surface area (Å²) >= 11 is 0. The molecule has 0 amide bonds. The molecule has 1 aliphatic rings. The highest BCUT2D eigenvalue weighted by molar-refractivity contribution is 6.15. The minimum absolute atomic E-state index is 0.0202. The Bertz CT molecular complexity index is 1230. The number of rotatable bonds is 6. The number of methoxy groups -OCH3 is 3. The number of ether oxygens (including phenoxy) is 3. The lowest BCUT2D eigenvalue weighted by Gasteiger charge is -2.28. The fraction of sp³-hybridized carbons (Fsp3) is 0.190. The fourth-order valence-corrected chi connectivity index (χ4v) is 3.52. The van der Waals surface area contributed by atoms with E-state index < -0.39 is 17.8 Å². The van der Waals surface area contributed by atoms with Crippen molar-refractivity contribution in [1.29, 1.82) is 0 Å². The third kappa shape index (κ3) is 3.49. The van der Waals surface area contributed by atoms with E-state index >= 15 is 0 Å². The highest BCUT2D eigenvalue weighted by atomic mass is 16.5. The van der Waals surface area contributed by atoms with Gasteiger partial charge >= 0.3 is 5.97 Å². The summed E-state index contributed by atoms with van der Waals surface area (Å²) in [5.41, 5.74) is 0.658. The lowest BCUT2D eigenvalue weighted by Crippen LogP contribution is -2.32. The topological polar surface area (TPSA) is 138 Å². The van der Waals surface area contributed by atoms with Crippen LogP contribution in [0.5, 0.6) is 17.2 Å². The molecule has 3 aromatic rings. The molecule has 32 heavy (non-hydrogen) atoms. The van der Waals surface area contributed by atoms with Gasteiger partial charge in [-0.2, -0.15) is 4.68 Å². The molecule has 11 nitrogen and oxygen atoms in total. The number of anilines is 1. The molecule has 2 heterocycles. The number of nitrogens with one attached hydrogen (secondary N) is 1. The monoisotopic (exact) mass is 437 g/mol. The van der Waals surface area contributed by atoms with Crippen molar-refractivity contribution in [3.63, 3.8) is 0 Å². The van der Waals surface area contributed by atoms with Crippen molar-refractivity contribution in [3.8, 4) is 17.2 Å². The Hall–Kier alpha value is -4.41. The number of carbonyl (C=O) groups excluding carboxylic acids is 2. The number of tetrazole rings is 1. The minimum atomic E-state index is -0.914. The predicted molar refractivity (Wildman–Crippen MR) is 111 cm³/mol. The number of aromatic nitrogens is 4. The number of phenolic OH excluding ortho intramolecular Hbond substituents is 1. The maximum atomic E-state index is 13.8. The molecule has 0 spiro atoms. The number of Topliss-reactive ketones (excluding diaryl/α,β-unsaturated/α-hetero) is 1. The highest BCUT2D eigenvalue weighted by Gasteiger charge is 2.38. The third-order valence-electron chi connectivity index (χ3n) is 4.98. The number of aromatic hydroxyl groups is 1. The van der Waals surface area contributed by atoms with Gasteiger partial charge in [-0.1, -0.05) is 17.2 Å². The van der Waals surface area contributed by atoms with Crippen molar-refractivity contribution >= 4 is 17.7 Å². The van der Waals surface area contributed by atoms with E-state index in [1.807, 2.05) is 0 Å². The molecule has 0 bridgehead atoms. The van der Waals surface area contributed by atoms with Crippen LogP contribution in [0.15, 0.2) is 53.7 Å². The lowest BCUT2D eigenvalue weighted by atomic mass is 9.89. The van der Waals surface area contributed by atoms with Crippen molar-refractivity contribution in [3.05, 3.63) is 64.9 Å². The number of hydrogen-bond donors (Lipinski definition) is 2. The summed E-state index contributed by atoms with van der Waals surface area (Å²) in [6.45, 7) is 0. The van der Waals surface area contributed by atoms with Gasteiger partial charge in [0.15, 0.2) is 17.3 Å². The maximum absolute atomic E-state index is 13.8. The number of nitrogens with zero attached hydrogens (tertiary/aromatic N) is 4. The Morgan fingerprint density at radius 1 is 1.06 bits per heavy atom. The molecule has 0 radical (unpaired) electrons. The quantitative estimate of drug-likeness (QED) is 0.433. The van der Waals surface area contributed by atoms with E-state index in [4.69, 9.17) is 14.2 Å². The van der Waals surface area contributed by atoms with E-state index in [0.29, 0.717) is 17.1 Å². The van der Waals surface area contributed by atoms with Gasteiger partial charge in [0, 0.05) is 5.56 Å². The summed E-state index contributed by atoms with van der Waals surface area (Å²) in [6.07, 6.45) is 0. The third-order valence-corrected chi connectivity index (χ3v) is 4.98. The largest absolute Gasteiger partial charge is 0.508 e. The zero-order valence-corrected chi connectivity index (χ0v) is 17.4. The van der Waals surface area contributed by atoms with Gasteiger partial charge < -0.3 is 24.6 Å². The molecule has 0 fully saturated rings. The number of fused-ring (bicyclic) bond motifs is 1. The Morgan fingerprint density at radius 2 is 1.84 bits per heavy atom. The van der Waals surface area contributed by atoms with Gasteiger partial charge in [-0.05, 0) is 46.3 Å². The van der Waals surface area contributed by atoms with Crippen LogP contribution in [0.3, 0.4) is 0 Å². The summed E-state index contributed by atoms with van der Waals surface area (Å²) in [7, 11) is 4.15. The van der Waals surface area contributed by atoms with Gasteiger partial charge in [0.25, 0.3) is 0 Å². The summed E-state index contributed by atoms with van der Waals surface area (Å²) in [5, 5.41) is 24.3. The number of phenols is 1. The first kappa shape index (κ1) is 20.8. The van der Waals surface area contributed by atoms with Crippen molar-refractivity contribution < 1.29 is 28.9 Å². The second-order valence-corrected chi connectivity index (χ2v) is 6.75. The molecular formula is C21H19N5O6. The van der Waals surface area contributed by atoms with Crippen LogP contribution in [0.4, 0.5) is 5.95 Å². The molecule has 4 rings (SSSR count). The summed E-state index contributed by atoms with van der Waals surface area (Å²) in [4.78, 5) is 26.4. The average Bonchev–Trinajstić information content (AvgIpc) is 3.29. The van der Waals surface area contributed by atoms with Crippen LogP contribution in [0, 0.1) is 0 Å². The lowest BCUT2D eigenvalue weighted by molar-refractivity contribution is -0.136. The van der Waals surface area contributed by atoms with E-state index in [2.05, 4.69) is 20.8 Å². The fourth-order valence-electron chi connectivity index (χ4n) is 3.52. The van der Waals surface area contributed by atoms with Crippen molar-refractivity contribution in [1.82, 2.24) is 20.2 Å². The minimum Gasteiger partial charge on any atom is -0.508 e. The predicted octanol–water partition coefficient (Wildman–Crippen LogP) is 1.72. The Labute approximate surface area is 182 Å². The normalized spacial score (nSPS) is 14.9. The Balaban J connectivity index is 1.94. The zero-order chi connectivity index (χ0) is 22.8. The van der Waals surface area contributed by atoms with Crippen LogP contribution in [-0.2, 0) is 9.53 Å². The first-order valence-electron chi connectivity index (χ1n) is 9.41. The smallest absolute Gasteiger partial charge is 0.355 e. The van der Waals surface area contributed by atoms with Gasteiger partial charge in [-0.3, -0.25) is 4.79 Å². The van der Waals surface area contributed by atoms with E-state index in [9.17, 15) is 14.7 Å².